The van der Waals surface area contributed by atoms with Crippen molar-refractivity contribution in [3.63, 3.8) is 0 Å². The van der Waals surface area contributed by atoms with E-state index in [4.69, 9.17) is 23.2 Å². The van der Waals surface area contributed by atoms with Crippen LogP contribution in [0.4, 0.5) is 5.69 Å². The molecular weight excluding hydrogens is 277 g/mol. The van der Waals surface area contributed by atoms with E-state index in [9.17, 15) is 0 Å². The minimum Gasteiger partial charge on any atom is -0.378 e. The van der Waals surface area contributed by atoms with Crippen LogP contribution in [0.25, 0.3) is 0 Å². The summed E-state index contributed by atoms with van der Waals surface area (Å²) >= 11 is 12.2. The first-order valence-corrected chi connectivity index (χ1v) is 7.14. The van der Waals surface area contributed by atoms with Gasteiger partial charge in [-0.3, -0.25) is 0 Å². The van der Waals surface area contributed by atoms with Gasteiger partial charge in [0.1, 0.15) is 0 Å². The van der Waals surface area contributed by atoms with E-state index < -0.39 is 0 Å². The summed E-state index contributed by atoms with van der Waals surface area (Å²) in [6.45, 7) is 4.24. The fourth-order valence-corrected chi connectivity index (χ4v) is 2.65. The molecule has 1 atom stereocenters. The minimum atomic E-state index is 0.186. The first-order valence-electron chi connectivity index (χ1n) is 6.39. The third-order valence-electron chi connectivity index (χ3n) is 3.22. The van der Waals surface area contributed by atoms with Crippen LogP contribution in [0.1, 0.15) is 30.5 Å². The lowest BCUT2D eigenvalue weighted by atomic mass is 10.0. The zero-order valence-corrected chi connectivity index (χ0v) is 12.6. The molecule has 2 aromatic carbocycles. The zero-order valence-electron chi connectivity index (χ0n) is 11.1. The largest absolute Gasteiger partial charge is 0.378 e. The van der Waals surface area contributed by atoms with Crippen LogP contribution in [0, 0.1) is 6.92 Å². The molecule has 0 bridgehead atoms. The average molecular weight is 294 g/mol. The Morgan fingerprint density at radius 2 is 1.84 bits per heavy atom. The summed E-state index contributed by atoms with van der Waals surface area (Å²) in [7, 11) is 0. The van der Waals surface area contributed by atoms with Gasteiger partial charge in [-0.25, -0.2) is 0 Å². The Labute approximate surface area is 124 Å². The number of benzene rings is 2. The van der Waals surface area contributed by atoms with Gasteiger partial charge >= 0.3 is 0 Å². The maximum absolute atomic E-state index is 6.28. The van der Waals surface area contributed by atoms with Crippen molar-refractivity contribution in [3.8, 4) is 0 Å². The Kier molecular flexibility index (Phi) is 4.73. The zero-order chi connectivity index (χ0) is 13.8. The van der Waals surface area contributed by atoms with Crippen molar-refractivity contribution in [2.75, 3.05) is 5.32 Å². The Morgan fingerprint density at radius 1 is 1.11 bits per heavy atom. The summed E-state index contributed by atoms with van der Waals surface area (Å²) in [5.41, 5.74) is 3.45. The molecule has 3 heteroatoms. The molecular formula is C16H17Cl2N. The van der Waals surface area contributed by atoms with Gasteiger partial charge in [0.25, 0.3) is 0 Å². The van der Waals surface area contributed by atoms with Crippen LogP contribution in [0.3, 0.4) is 0 Å². The number of anilines is 1. The lowest BCUT2D eigenvalue weighted by Gasteiger charge is -2.21. The smallest absolute Gasteiger partial charge is 0.0526 e. The number of aryl methyl sites for hydroxylation is 1. The number of hydrogen-bond acceptors (Lipinski definition) is 1. The quantitative estimate of drug-likeness (QED) is 0.744. The molecule has 2 rings (SSSR count). The summed E-state index contributed by atoms with van der Waals surface area (Å²) in [6, 6.07) is 14.1. The third kappa shape index (κ3) is 3.43. The number of hydrogen-bond donors (Lipinski definition) is 1. The monoisotopic (exact) mass is 293 g/mol. The molecule has 1 nitrogen and oxygen atoms in total. The molecule has 0 aliphatic carbocycles. The van der Waals surface area contributed by atoms with Crippen LogP contribution in [0.2, 0.25) is 10.0 Å². The van der Waals surface area contributed by atoms with Crippen molar-refractivity contribution in [2.24, 2.45) is 0 Å². The highest BCUT2D eigenvalue weighted by Crippen LogP contribution is 2.31. The Balaban J connectivity index is 2.28. The van der Waals surface area contributed by atoms with Gasteiger partial charge in [-0.1, -0.05) is 54.4 Å². The van der Waals surface area contributed by atoms with Gasteiger partial charge in [0, 0.05) is 15.7 Å². The Morgan fingerprint density at radius 3 is 2.47 bits per heavy atom. The topological polar surface area (TPSA) is 12.0 Å². The molecule has 0 heterocycles. The molecule has 0 saturated heterocycles. The third-order valence-corrected chi connectivity index (χ3v) is 3.78. The predicted molar refractivity (Wildman–Crippen MR) is 84.3 cm³/mol. The second-order valence-corrected chi connectivity index (χ2v) is 5.43. The van der Waals surface area contributed by atoms with Gasteiger partial charge in [-0.05, 0) is 42.7 Å². The summed E-state index contributed by atoms with van der Waals surface area (Å²) in [6.07, 6.45) is 0.954. The van der Waals surface area contributed by atoms with Crippen LogP contribution in [0.5, 0.6) is 0 Å². The molecule has 0 amide bonds. The van der Waals surface area contributed by atoms with Crippen molar-refractivity contribution < 1.29 is 0 Å². The van der Waals surface area contributed by atoms with Gasteiger partial charge in [0.05, 0.1) is 6.04 Å². The van der Waals surface area contributed by atoms with Crippen molar-refractivity contribution in [2.45, 2.75) is 26.3 Å². The fourth-order valence-electron chi connectivity index (χ4n) is 2.11. The number of para-hydroxylation sites is 1. The van der Waals surface area contributed by atoms with Crippen molar-refractivity contribution in [3.05, 3.63) is 63.6 Å². The number of nitrogens with one attached hydrogen (secondary N) is 1. The SMILES string of the molecule is CCC(Nc1ccccc1C)c1ccc(Cl)cc1Cl. The van der Waals surface area contributed by atoms with E-state index in [-0.39, 0.29) is 6.04 Å². The first-order chi connectivity index (χ1) is 9.11. The normalized spacial score (nSPS) is 12.2. The standard InChI is InChI=1S/C16H17Cl2N/c1-3-15(13-9-8-12(17)10-14(13)18)19-16-7-5-4-6-11(16)2/h4-10,15,19H,3H2,1-2H3. The average Bonchev–Trinajstić information content (AvgIpc) is 2.39. The second-order valence-electron chi connectivity index (χ2n) is 4.59. The van der Waals surface area contributed by atoms with Crippen LogP contribution in [0.15, 0.2) is 42.5 Å². The molecule has 0 aliphatic rings. The maximum atomic E-state index is 6.28. The Hall–Kier alpha value is -1.18. The van der Waals surface area contributed by atoms with E-state index in [1.54, 1.807) is 6.07 Å². The molecule has 100 valence electrons. The molecule has 1 unspecified atom stereocenters. The van der Waals surface area contributed by atoms with Crippen LogP contribution in [-0.2, 0) is 0 Å². The molecule has 0 aliphatic heterocycles. The van der Waals surface area contributed by atoms with Crippen molar-refractivity contribution in [1.82, 2.24) is 0 Å². The van der Waals surface area contributed by atoms with E-state index in [1.165, 1.54) is 5.56 Å². The number of rotatable bonds is 4. The minimum absolute atomic E-state index is 0.186. The highest BCUT2D eigenvalue weighted by Gasteiger charge is 2.13. The summed E-state index contributed by atoms with van der Waals surface area (Å²) in [5, 5.41) is 4.92. The van der Waals surface area contributed by atoms with E-state index in [2.05, 4.69) is 31.3 Å². The molecule has 0 spiro atoms. The molecule has 0 aromatic heterocycles. The van der Waals surface area contributed by atoms with E-state index in [1.807, 2.05) is 24.3 Å². The fraction of sp³-hybridized carbons (Fsp3) is 0.250. The van der Waals surface area contributed by atoms with Gasteiger partial charge < -0.3 is 5.32 Å². The van der Waals surface area contributed by atoms with E-state index in [0.29, 0.717) is 10.0 Å². The lowest BCUT2D eigenvalue weighted by molar-refractivity contribution is 0.749. The molecule has 0 saturated carbocycles. The Bertz CT molecular complexity index is 566. The molecule has 0 radical (unpaired) electrons. The molecule has 0 fully saturated rings. The highest BCUT2D eigenvalue weighted by atomic mass is 35.5. The summed E-state index contributed by atoms with van der Waals surface area (Å²) in [4.78, 5) is 0. The highest BCUT2D eigenvalue weighted by molar-refractivity contribution is 6.35. The van der Waals surface area contributed by atoms with Gasteiger partial charge in [-0.2, -0.15) is 0 Å². The van der Waals surface area contributed by atoms with Crippen LogP contribution in [-0.4, -0.2) is 0 Å². The molecule has 2 aromatic rings. The number of halogens is 2. The predicted octanol–water partition coefficient (Wildman–Crippen LogP) is 5.87. The van der Waals surface area contributed by atoms with Gasteiger partial charge in [0.2, 0.25) is 0 Å². The molecule has 19 heavy (non-hydrogen) atoms. The summed E-state index contributed by atoms with van der Waals surface area (Å²) < 4.78 is 0. The lowest BCUT2D eigenvalue weighted by Crippen LogP contribution is -2.11. The van der Waals surface area contributed by atoms with Crippen LogP contribution >= 0.6 is 23.2 Å². The van der Waals surface area contributed by atoms with Gasteiger partial charge in [0.15, 0.2) is 0 Å². The van der Waals surface area contributed by atoms with Gasteiger partial charge in [-0.15, -0.1) is 0 Å². The van der Waals surface area contributed by atoms with Crippen molar-refractivity contribution in [1.29, 1.82) is 0 Å². The van der Waals surface area contributed by atoms with E-state index in [0.717, 1.165) is 17.7 Å². The van der Waals surface area contributed by atoms with Crippen LogP contribution < -0.4 is 5.32 Å². The summed E-state index contributed by atoms with van der Waals surface area (Å²) in [5.74, 6) is 0. The van der Waals surface area contributed by atoms with E-state index >= 15 is 0 Å². The molecule has 1 N–H and O–H groups in total. The second kappa shape index (κ2) is 6.31. The maximum Gasteiger partial charge on any atom is 0.0526 e. The van der Waals surface area contributed by atoms with Crippen molar-refractivity contribution >= 4 is 28.9 Å². The first kappa shape index (κ1) is 14.2.